The fourth-order valence-electron chi connectivity index (χ4n) is 3.23. The highest BCUT2D eigenvalue weighted by atomic mass is 127. The van der Waals surface area contributed by atoms with Gasteiger partial charge in [-0.25, -0.2) is 0 Å². The smallest absolute Gasteiger partial charge is 0.191 e. The van der Waals surface area contributed by atoms with E-state index in [9.17, 15) is 5.11 Å². The number of aryl methyl sites for hydroxylation is 2. The number of aliphatic imine (C=N–C) groups is 1. The van der Waals surface area contributed by atoms with Crippen molar-refractivity contribution >= 4 is 29.9 Å². The van der Waals surface area contributed by atoms with Crippen LogP contribution in [0.5, 0.6) is 5.75 Å². The van der Waals surface area contributed by atoms with Crippen LogP contribution in [0, 0.1) is 13.8 Å². The summed E-state index contributed by atoms with van der Waals surface area (Å²) >= 11 is 0. The Morgan fingerprint density at radius 1 is 1.23 bits per heavy atom. The zero-order valence-electron chi connectivity index (χ0n) is 18.7. The molecule has 168 valence electrons. The number of hydrogen-bond acceptors (Lipinski definition) is 5. The predicted octanol–water partition coefficient (Wildman–Crippen LogP) is 4.09. The number of aromatic nitrogens is 1. The Labute approximate surface area is 196 Å². The van der Waals surface area contributed by atoms with Gasteiger partial charge in [0.15, 0.2) is 5.96 Å². The summed E-state index contributed by atoms with van der Waals surface area (Å²) < 4.78 is 11.0. The van der Waals surface area contributed by atoms with Crippen LogP contribution in [0.1, 0.15) is 62.3 Å². The van der Waals surface area contributed by atoms with Gasteiger partial charge in [-0.15, -0.1) is 24.0 Å². The summed E-state index contributed by atoms with van der Waals surface area (Å²) in [6.07, 6.45) is -0.581. The fourth-order valence-corrected chi connectivity index (χ4v) is 3.23. The average Bonchev–Trinajstić information content (AvgIpc) is 3.01. The second-order valence-electron chi connectivity index (χ2n) is 7.49. The van der Waals surface area contributed by atoms with E-state index >= 15 is 0 Å². The normalized spacial score (nSPS) is 13.5. The number of halogens is 1. The van der Waals surface area contributed by atoms with Crippen molar-refractivity contribution < 1.29 is 14.4 Å². The topological polar surface area (TPSA) is 91.9 Å². The first-order chi connectivity index (χ1) is 13.8. The summed E-state index contributed by atoms with van der Waals surface area (Å²) in [5, 5.41) is 21.0. The van der Waals surface area contributed by atoms with Gasteiger partial charge in [0.2, 0.25) is 0 Å². The molecule has 2 rings (SSSR count). The quantitative estimate of drug-likeness (QED) is 0.257. The number of aliphatic hydroxyl groups is 1. The number of benzene rings is 1. The van der Waals surface area contributed by atoms with E-state index in [0.29, 0.717) is 19.0 Å². The molecule has 7 nitrogen and oxygen atoms in total. The molecule has 0 aliphatic heterocycles. The molecule has 0 saturated carbocycles. The van der Waals surface area contributed by atoms with Crippen LogP contribution >= 0.6 is 24.0 Å². The van der Waals surface area contributed by atoms with Crippen LogP contribution in [-0.4, -0.2) is 42.0 Å². The molecule has 1 aromatic carbocycles. The molecule has 1 heterocycles. The van der Waals surface area contributed by atoms with Gasteiger partial charge < -0.3 is 25.0 Å². The maximum atomic E-state index is 10.6. The molecule has 0 amide bonds. The van der Waals surface area contributed by atoms with Gasteiger partial charge >= 0.3 is 0 Å². The van der Waals surface area contributed by atoms with Gasteiger partial charge in [0.05, 0.1) is 17.9 Å². The Morgan fingerprint density at radius 3 is 2.57 bits per heavy atom. The highest BCUT2D eigenvalue weighted by Gasteiger charge is 2.16. The van der Waals surface area contributed by atoms with Crippen LogP contribution in [0.3, 0.4) is 0 Å². The van der Waals surface area contributed by atoms with Crippen molar-refractivity contribution in [2.75, 3.05) is 19.6 Å². The summed E-state index contributed by atoms with van der Waals surface area (Å²) in [7, 11) is 0. The molecule has 1 aromatic heterocycles. The third kappa shape index (κ3) is 7.79. The van der Waals surface area contributed by atoms with Gasteiger partial charge in [0.1, 0.15) is 11.5 Å². The second kappa shape index (κ2) is 12.8. The predicted molar refractivity (Wildman–Crippen MR) is 131 cm³/mol. The molecular weight excluding hydrogens is 495 g/mol. The number of guanidine groups is 1. The maximum absolute atomic E-state index is 10.6. The van der Waals surface area contributed by atoms with E-state index in [1.807, 2.05) is 58.9 Å². The fraction of sp³-hybridized carbons (Fsp3) is 0.545. The Hall–Kier alpha value is -1.81. The monoisotopic (exact) mass is 530 g/mol. The number of nitrogens with zero attached hydrogens (tertiary/aromatic N) is 2. The summed E-state index contributed by atoms with van der Waals surface area (Å²) in [6.45, 7) is 13.6. The molecule has 8 heteroatoms. The lowest BCUT2D eigenvalue weighted by atomic mass is 10.00. The molecule has 30 heavy (non-hydrogen) atoms. The van der Waals surface area contributed by atoms with Gasteiger partial charge in [-0.05, 0) is 52.3 Å². The van der Waals surface area contributed by atoms with E-state index in [-0.39, 0.29) is 36.0 Å². The van der Waals surface area contributed by atoms with Crippen molar-refractivity contribution in [3.05, 3.63) is 46.8 Å². The number of hydrogen-bond donors (Lipinski definition) is 3. The second-order valence-corrected chi connectivity index (χ2v) is 7.49. The molecule has 0 spiro atoms. The Bertz CT molecular complexity index is 788. The molecule has 0 radical (unpaired) electrons. The van der Waals surface area contributed by atoms with Crippen molar-refractivity contribution in [1.29, 1.82) is 0 Å². The van der Waals surface area contributed by atoms with Crippen molar-refractivity contribution in [3.8, 4) is 5.75 Å². The molecule has 0 aliphatic rings. The third-order valence-electron chi connectivity index (χ3n) is 4.53. The average molecular weight is 530 g/mol. The molecule has 2 aromatic rings. The van der Waals surface area contributed by atoms with Crippen LogP contribution in [0.2, 0.25) is 0 Å². The van der Waals surface area contributed by atoms with E-state index in [2.05, 4.69) is 27.7 Å². The lowest BCUT2D eigenvalue weighted by Crippen LogP contribution is -2.39. The molecule has 0 aliphatic carbocycles. The number of ether oxygens (including phenoxy) is 1. The van der Waals surface area contributed by atoms with Gasteiger partial charge in [-0.2, -0.15) is 0 Å². The van der Waals surface area contributed by atoms with Gasteiger partial charge in [-0.1, -0.05) is 24.2 Å². The Balaban J connectivity index is 0.00000450. The summed E-state index contributed by atoms with van der Waals surface area (Å²) in [5.41, 5.74) is 2.81. The molecule has 0 fully saturated rings. The Morgan fingerprint density at radius 2 is 1.97 bits per heavy atom. The summed E-state index contributed by atoms with van der Waals surface area (Å²) in [6, 6.07) is 7.55. The largest absolute Gasteiger partial charge is 0.491 e. The first-order valence-corrected chi connectivity index (χ1v) is 10.2. The number of aliphatic hydroxyl groups excluding tert-OH is 1. The van der Waals surface area contributed by atoms with Gasteiger partial charge in [0, 0.05) is 31.1 Å². The van der Waals surface area contributed by atoms with E-state index in [1.165, 1.54) is 0 Å². The van der Waals surface area contributed by atoms with E-state index < -0.39 is 6.10 Å². The first-order valence-electron chi connectivity index (χ1n) is 10.2. The minimum absolute atomic E-state index is 0. The third-order valence-corrected chi connectivity index (χ3v) is 4.53. The van der Waals surface area contributed by atoms with Crippen LogP contribution in [0.4, 0.5) is 0 Å². The van der Waals surface area contributed by atoms with Crippen molar-refractivity contribution in [1.82, 2.24) is 15.8 Å². The van der Waals surface area contributed by atoms with Crippen molar-refractivity contribution in [2.45, 2.75) is 59.7 Å². The van der Waals surface area contributed by atoms with Crippen LogP contribution in [0.15, 0.2) is 33.8 Å². The molecule has 3 N–H and O–H groups in total. The molecule has 2 unspecified atom stereocenters. The van der Waals surface area contributed by atoms with Crippen molar-refractivity contribution in [3.63, 3.8) is 0 Å². The highest BCUT2D eigenvalue weighted by molar-refractivity contribution is 14.0. The summed E-state index contributed by atoms with van der Waals surface area (Å²) in [5.74, 6) is 2.44. The standard InChI is InChI=1S/C22H34N4O3.HI/c1-7-23-22(24-12-15(4)21-16(5)26-29-17(21)6)25-13-20(27)18-9-8-10-19(11-18)28-14(2)3;/h8-11,14-15,20,27H,7,12-13H2,1-6H3,(H2,23,24,25);1H. The minimum Gasteiger partial charge on any atom is -0.491 e. The van der Waals surface area contributed by atoms with Crippen LogP contribution in [0.25, 0.3) is 0 Å². The van der Waals surface area contributed by atoms with E-state index in [0.717, 1.165) is 34.9 Å². The molecule has 0 saturated heterocycles. The van der Waals surface area contributed by atoms with E-state index in [1.54, 1.807) is 0 Å². The number of rotatable bonds is 9. The SMILES string of the molecule is CCNC(=NCC(C)c1c(C)noc1C)NCC(O)c1cccc(OC(C)C)c1.I. The summed E-state index contributed by atoms with van der Waals surface area (Å²) in [4.78, 5) is 4.66. The first kappa shape index (κ1) is 26.2. The van der Waals surface area contributed by atoms with Crippen LogP contribution < -0.4 is 15.4 Å². The maximum Gasteiger partial charge on any atom is 0.191 e. The molecule has 0 bridgehead atoms. The Kier molecular flexibility index (Phi) is 11.2. The zero-order valence-corrected chi connectivity index (χ0v) is 21.1. The number of nitrogens with one attached hydrogen (secondary N) is 2. The van der Waals surface area contributed by atoms with Crippen LogP contribution in [-0.2, 0) is 0 Å². The lowest BCUT2D eigenvalue weighted by molar-refractivity contribution is 0.179. The zero-order chi connectivity index (χ0) is 21.4. The van der Waals surface area contributed by atoms with E-state index in [4.69, 9.17) is 9.26 Å². The van der Waals surface area contributed by atoms with Gasteiger partial charge in [-0.3, -0.25) is 4.99 Å². The molecule has 2 atom stereocenters. The van der Waals surface area contributed by atoms with Crippen molar-refractivity contribution in [2.24, 2.45) is 4.99 Å². The molecular formula is C22H35IN4O3. The lowest BCUT2D eigenvalue weighted by Gasteiger charge is -2.17. The minimum atomic E-state index is -0.672. The highest BCUT2D eigenvalue weighted by Crippen LogP contribution is 2.23. The van der Waals surface area contributed by atoms with Gasteiger partial charge in [0.25, 0.3) is 0 Å².